The molecular formula is C26H29Cl2N3O2S. The topological polar surface area (TPSA) is 53.5 Å². The molecule has 1 atom stereocenters. The first-order chi connectivity index (χ1) is 16.0. The maximum Gasteiger partial charge on any atom is 0.244 e. The minimum atomic E-state index is -3.78. The molecule has 5 nitrogen and oxygen atoms in total. The third kappa shape index (κ3) is 4.88. The van der Waals surface area contributed by atoms with Crippen LogP contribution in [0.15, 0.2) is 65.8 Å². The van der Waals surface area contributed by atoms with Crippen LogP contribution in [0.3, 0.4) is 0 Å². The molecule has 2 heterocycles. The quantitative estimate of drug-likeness (QED) is 0.412. The highest BCUT2D eigenvalue weighted by Gasteiger charge is 2.40. The standard InChI is InChI=1S/C26H29Cl2N3O2S/c1-18-22(27)9-6-10-25(18)34(32,33)31-14-13-30(26(2,3)4)17-24(31)20-8-5-7-19(15-20)21-11-12-29-16-23(21)28/h5-12,15-16,24H,13-14,17H2,1-4H3. The van der Waals surface area contributed by atoms with Gasteiger partial charge in [0.1, 0.15) is 0 Å². The molecule has 0 radical (unpaired) electrons. The van der Waals surface area contributed by atoms with Crippen molar-refractivity contribution in [2.45, 2.75) is 44.2 Å². The number of halogens is 2. The normalized spacial score (nSPS) is 18.2. The number of benzene rings is 2. The van der Waals surface area contributed by atoms with Gasteiger partial charge in [0, 0.05) is 48.2 Å². The first-order valence-electron chi connectivity index (χ1n) is 11.2. The van der Waals surface area contributed by atoms with Gasteiger partial charge >= 0.3 is 0 Å². The molecule has 1 unspecified atom stereocenters. The molecule has 180 valence electrons. The lowest BCUT2D eigenvalue weighted by molar-refractivity contribution is 0.0590. The summed E-state index contributed by atoms with van der Waals surface area (Å²) in [5.74, 6) is 0. The van der Waals surface area contributed by atoms with E-state index in [2.05, 4.69) is 30.7 Å². The Labute approximate surface area is 212 Å². The number of hydrogen-bond donors (Lipinski definition) is 0. The Morgan fingerprint density at radius 3 is 2.44 bits per heavy atom. The summed E-state index contributed by atoms with van der Waals surface area (Å²) in [6.07, 6.45) is 3.32. The summed E-state index contributed by atoms with van der Waals surface area (Å²) in [5, 5.41) is 0.999. The van der Waals surface area contributed by atoms with Crippen LogP contribution in [-0.2, 0) is 10.0 Å². The average molecular weight is 519 g/mol. The van der Waals surface area contributed by atoms with Crippen molar-refractivity contribution >= 4 is 33.2 Å². The van der Waals surface area contributed by atoms with Crippen molar-refractivity contribution in [3.8, 4) is 11.1 Å². The molecule has 34 heavy (non-hydrogen) atoms. The molecule has 3 aromatic rings. The Hall–Kier alpha value is -1.96. The maximum atomic E-state index is 13.9. The summed E-state index contributed by atoms with van der Waals surface area (Å²) >= 11 is 12.7. The van der Waals surface area contributed by atoms with Crippen LogP contribution in [0.1, 0.15) is 37.9 Å². The highest BCUT2D eigenvalue weighted by molar-refractivity contribution is 7.89. The Kier molecular flexibility index (Phi) is 7.09. The van der Waals surface area contributed by atoms with E-state index in [9.17, 15) is 8.42 Å². The van der Waals surface area contributed by atoms with E-state index in [0.29, 0.717) is 35.2 Å². The van der Waals surface area contributed by atoms with Crippen molar-refractivity contribution in [3.05, 3.63) is 82.1 Å². The van der Waals surface area contributed by atoms with Crippen LogP contribution in [0.2, 0.25) is 10.0 Å². The van der Waals surface area contributed by atoms with Crippen LogP contribution in [-0.4, -0.2) is 47.8 Å². The van der Waals surface area contributed by atoms with Crippen molar-refractivity contribution in [3.63, 3.8) is 0 Å². The molecule has 8 heteroatoms. The van der Waals surface area contributed by atoms with Crippen molar-refractivity contribution in [1.29, 1.82) is 0 Å². The second-order valence-corrected chi connectivity index (χ2v) is 12.3. The number of pyridine rings is 1. The van der Waals surface area contributed by atoms with E-state index in [1.165, 1.54) is 0 Å². The highest BCUT2D eigenvalue weighted by Crippen LogP contribution is 2.37. The molecular weight excluding hydrogens is 489 g/mol. The second kappa shape index (κ2) is 9.59. The Morgan fingerprint density at radius 1 is 1.00 bits per heavy atom. The first-order valence-corrected chi connectivity index (χ1v) is 13.4. The number of rotatable bonds is 4. The van der Waals surface area contributed by atoms with Gasteiger partial charge < -0.3 is 0 Å². The van der Waals surface area contributed by atoms with Crippen LogP contribution >= 0.6 is 23.2 Å². The van der Waals surface area contributed by atoms with Gasteiger partial charge in [0.15, 0.2) is 0 Å². The molecule has 0 bridgehead atoms. The number of nitrogens with zero attached hydrogens (tertiary/aromatic N) is 3. The molecule has 1 aliphatic rings. The predicted octanol–water partition coefficient (Wildman–Crippen LogP) is 6.21. The fourth-order valence-corrected chi connectivity index (χ4v) is 6.76. The fourth-order valence-electron chi connectivity index (χ4n) is 4.45. The van der Waals surface area contributed by atoms with Gasteiger partial charge in [-0.1, -0.05) is 47.5 Å². The third-order valence-electron chi connectivity index (χ3n) is 6.44. The van der Waals surface area contributed by atoms with E-state index in [1.807, 2.05) is 30.3 Å². The van der Waals surface area contributed by atoms with E-state index in [0.717, 1.165) is 16.7 Å². The largest absolute Gasteiger partial charge is 0.295 e. The number of sulfonamides is 1. The van der Waals surface area contributed by atoms with Gasteiger partial charge in [0.05, 0.1) is 16.0 Å². The summed E-state index contributed by atoms with van der Waals surface area (Å²) in [6.45, 7) is 9.83. The van der Waals surface area contributed by atoms with Crippen LogP contribution in [0, 0.1) is 6.92 Å². The summed E-state index contributed by atoms with van der Waals surface area (Å²) in [7, 11) is -3.78. The van der Waals surface area contributed by atoms with Crippen molar-refractivity contribution in [1.82, 2.24) is 14.2 Å². The zero-order valence-electron chi connectivity index (χ0n) is 19.8. The maximum absolute atomic E-state index is 13.9. The van der Waals surface area contributed by atoms with Gasteiger partial charge in [-0.2, -0.15) is 4.31 Å². The Balaban J connectivity index is 1.81. The second-order valence-electron chi connectivity index (χ2n) is 9.59. The predicted molar refractivity (Wildman–Crippen MR) is 139 cm³/mol. The van der Waals surface area contributed by atoms with Gasteiger partial charge in [0.25, 0.3) is 0 Å². The van der Waals surface area contributed by atoms with E-state index in [1.54, 1.807) is 41.8 Å². The summed E-state index contributed by atoms with van der Waals surface area (Å²) in [4.78, 5) is 6.66. The first kappa shape index (κ1) is 25.1. The molecule has 1 aliphatic heterocycles. The summed E-state index contributed by atoms with van der Waals surface area (Å²) in [6, 6.07) is 14.5. The van der Waals surface area contributed by atoms with Crippen LogP contribution in [0.25, 0.3) is 11.1 Å². The smallest absolute Gasteiger partial charge is 0.244 e. The zero-order valence-corrected chi connectivity index (χ0v) is 22.1. The SMILES string of the molecule is Cc1c(Cl)cccc1S(=O)(=O)N1CCN(C(C)(C)C)CC1c1cccc(-c2ccncc2Cl)c1. The fraction of sp³-hybridized carbons (Fsp3) is 0.346. The van der Waals surface area contributed by atoms with Crippen molar-refractivity contribution in [2.24, 2.45) is 0 Å². The average Bonchev–Trinajstić information content (AvgIpc) is 2.80. The number of hydrogen-bond acceptors (Lipinski definition) is 4. The molecule has 0 spiro atoms. The van der Waals surface area contributed by atoms with Gasteiger partial charge in [-0.05, 0) is 68.7 Å². The molecule has 0 amide bonds. The third-order valence-corrected chi connectivity index (χ3v) is 9.20. The molecule has 1 aromatic heterocycles. The minimum Gasteiger partial charge on any atom is -0.295 e. The van der Waals surface area contributed by atoms with Crippen LogP contribution < -0.4 is 0 Å². The van der Waals surface area contributed by atoms with E-state index < -0.39 is 10.0 Å². The highest BCUT2D eigenvalue weighted by atomic mass is 35.5. The monoisotopic (exact) mass is 517 g/mol. The lowest BCUT2D eigenvalue weighted by Gasteiger charge is -2.46. The number of aromatic nitrogens is 1. The zero-order chi connectivity index (χ0) is 24.7. The molecule has 0 aliphatic carbocycles. The molecule has 4 rings (SSSR count). The lowest BCUT2D eigenvalue weighted by Crippen LogP contribution is -2.55. The van der Waals surface area contributed by atoms with Crippen LogP contribution in [0.5, 0.6) is 0 Å². The van der Waals surface area contributed by atoms with E-state index in [-0.39, 0.29) is 16.5 Å². The van der Waals surface area contributed by atoms with Crippen LogP contribution in [0.4, 0.5) is 0 Å². The lowest BCUT2D eigenvalue weighted by atomic mass is 9.96. The van der Waals surface area contributed by atoms with Gasteiger partial charge in [-0.3, -0.25) is 9.88 Å². The number of piperazine rings is 1. The molecule has 2 aromatic carbocycles. The Bertz CT molecular complexity index is 1310. The van der Waals surface area contributed by atoms with E-state index in [4.69, 9.17) is 23.2 Å². The van der Waals surface area contributed by atoms with E-state index >= 15 is 0 Å². The molecule has 0 N–H and O–H groups in total. The van der Waals surface area contributed by atoms with Gasteiger partial charge in [0.2, 0.25) is 10.0 Å². The minimum absolute atomic E-state index is 0.0912. The van der Waals surface area contributed by atoms with Gasteiger partial charge in [-0.25, -0.2) is 8.42 Å². The molecule has 1 saturated heterocycles. The van der Waals surface area contributed by atoms with Crippen molar-refractivity contribution < 1.29 is 8.42 Å². The van der Waals surface area contributed by atoms with Gasteiger partial charge in [-0.15, -0.1) is 0 Å². The Morgan fingerprint density at radius 2 is 1.74 bits per heavy atom. The van der Waals surface area contributed by atoms with Crippen molar-refractivity contribution in [2.75, 3.05) is 19.6 Å². The summed E-state index contributed by atoms with van der Waals surface area (Å²) in [5.41, 5.74) is 3.18. The summed E-state index contributed by atoms with van der Waals surface area (Å²) < 4.78 is 29.5. The molecule has 0 saturated carbocycles. The molecule has 1 fully saturated rings.